The van der Waals surface area contributed by atoms with Crippen LogP contribution in [0.5, 0.6) is 5.75 Å². The summed E-state index contributed by atoms with van der Waals surface area (Å²) in [7, 11) is 1.59. The molecular weight excluding hydrogens is 474 g/mol. The molecule has 186 valence electrons. The van der Waals surface area contributed by atoms with Crippen LogP contribution in [0.1, 0.15) is 54.6 Å². The maximum atomic E-state index is 13.4. The number of likely N-dealkylation sites (tertiary alicyclic amines) is 1. The number of amides is 1. The first kappa shape index (κ1) is 25.5. The van der Waals surface area contributed by atoms with Crippen molar-refractivity contribution in [2.75, 3.05) is 7.11 Å². The standard InChI is InChI=1S/C30H30ClNO4/c1-18-6-11-21(30(2,3)4)16-24(18)27(33)25-26(20-9-12-22(31)13-10-20)32(29(35)28(25)34)17-19-7-14-23(36-5)15-8-19/h6-16,26,33H,17H2,1-5H3/b27-25+. The van der Waals surface area contributed by atoms with Gasteiger partial charge in [-0.2, -0.15) is 0 Å². The van der Waals surface area contributed by atoms with Gasteiger partial charge in [-0.05, 0) is 64.9 Å². The SMILES string of the molecule is COc1ccc(CN2C(=O)C(=O)/C(=C(/O)c3cc(C(C)(C)C)ccc3C)C2c2ccc(Cl)cc2)cc1. The van der Waals surface area contributed by atoms with E-state index in [0.29, 0.717) is 21.9 Å². The fourth-order valence-corrected chi connectivity index (χ4v) is 4.58. The highest BCUT2D eigenvalue weighted by atomic mass is 35.5. The third-order valence-corrected chi connectivity index (χ3v) is 6.85. The molecule has 4 rings (SSSR count). The van der Waals surface area contributed by atoms with Crippen LogP contribution < -0.4 is 4.74 Å². The van der Waals surface area contributed by atoms with Crippen LogP contribution in [0.25, 0.3) is 5.76 Å². The number of ether oxygens (including phenoxy) is 1. The second-order valence-electron chi connectivity index (χ2n) is 10.1. The molecule has 0 aliphatic carbocycles. The van der Waals surface area contributed by atoms with E-state index in [0.717, 1.165) is 16.7 Å². The van der Waals surface area contributed by atoms with Gasteiger partial charge in [-0.15, -0.1) is 0 Å². The summed E-state index contributed by atoms with van der Waals surface area (Å²) in [4.78, 5) is 28.2. The maximum absolute atomic E-state index is 13.4. The number of methoxy groups -OCH3 is 1. The molecule has 3 aromatic carbocycles. The molecule has 0 aromatic heterocycles. The minimum Gasteiger partial charge on any atom is -0.507 e. The van der Waals surface area contributed by atoms with Gasteiger partial charge in [-0.1, -0.05) is 68.8 Å². The van der Waals surface area contributed by atoms with Crippen molar-refractivity contribution in [2.24, 2.45) is 0 Å². The lowest BCUT2D eigenvalue weighted by atomic mass is 9.84. The molecule has 1 unspecified atom stereocenters. The van der Waals surface area contributed by atoms with Crippen molar-refractivity contribution in [2.45, 2.75) is 45.7 Å². The molecule has 36 heavy (non-hydrogen) atoms. The molecule has 0 radical (unpaired) electrons. The molecule has 1 aliphatic rings. The van der Waals surface area contributed by atoms with E-state index >= 15 is 0 Å². The molecule has 0 saturated carbocycles. The second kappa shape index (κ2) is 9.82. The largest absolute Gasteiger partial charge is 0.507 e. The van der Waals surface area contributed by atoms with E-state index in [9.17, 15) is 14.7 Å². The van der Waals surface area contributed by atoms with Gasteiger partial charge in [0.05, 0.1) is 18.7 Å². The highest BCUT2D eigenvalue weighted by molar-refractivity contribution is 6.46. The van der Waals surface area contributed by atoms with Crippen LogP contribution in [-0.2, 0) is 21.5 Å². The molecule has 1 saturated heterocycles. The van der Waals surface area contributed by atoms with E-state index in [2.05, 4.69) is 20.8 Å². The summed E-state index contributed by atoms with van der Waals surface area (Å²) in [5, 5.41) is 12.1. The van der Waals surface area contributed by atoms with Crippen LogP contribution in [0.4, 0.5) is 0 Å². The summed E-state index contributed by atoms with van der Waals surface area (Å²) in [6, 6.07) is 19.4. The number of aliphatic hydroxyl groups is 1. The number of carbonyl (C=O) groups excluding carboxylic acids is 2. The van der Waals surface area contributed by atoms with Gasteiger partial charge in [0.15, 0.2) is 0 Å². The molecule has 1 aliphatic heterocycles. The van der Waals surface area contributed by atoms with Crippen molar-refractivity contribution >= 4 is 29.1 Å². The Labute approximate surface area is 217 Å². The smallest absolute Gasteiger partial charge is 0.295 e. The first-order chi connectivity index (χ1) is 17.0. The topological polar surface area (TPSA) is 66.8 Å². The number of aliphatic hydroxyl groups excluding tert-OH is 1. The van der Waals surface area contributed by atoms with Crippen LogP contribution >= 0.6 is 11.6 Å². The Hall–Kier alpha value is -3.57. The van der Waals surface area contributed by atoms with Gasteiger partial charge in [0.1, 0.15) is 11.5 Å². The number of aryl methyl sites for hydroxylation is 1. The lowest BCUT2D eigenvalue weighted by Gasteiger charge is -2.26. The van der Waals surface area contributed by atoms with Gasteiger partial charge >= 0.3 is 0 Å². The third-order valence-electron chi connectivity index (χ3n) is 6.60. The Balaban J connectivity index is 1.87. The lowest BCUT2D eigenvalue weighted by Crippen LogP contribution is -2.29. The zero-order chi connectivity index (χ0) is 26.2. The molecule has 1 amide bonds. The van der Waals surface area contributed by atoms with Gasteiger partial charge in [-0.3, -0.25) is 9.59 Å². The van der Waals surface area contributed by atoms with E-state index in [-0.39, 0.29) is 23.3 Å². The van der Waals surface area contributed by atoms with Crippen molar-refractivity contribution in [1.82, 2.24) is 4.90 Å². The van der Waals surface area contributed by atoms with Crippen LogP contribution in [0, 0.1) is 6.92 Å². The van der Waals surface area contributed by atoms with Crippen LogP contribution in [0.15, 0.2) is 72.3 Å². The fourth-order valence-electron chi connectivity index (χ4n) is 4.45. The number of carbonyl (C=O) groups is 2. The number of ketones is 1. The minimum absolute atomic E-state index is 0.0741. The van der Waals surface area contributed by atoms with Crippen LogP contribution in [0.2, 0.25) is 5.02 Å². The summed E-state index contributed by atoms with van der Waals surface area (Å²) >= 11 is 6.13. The average molecular weight is 504 g/mol. The predicted octanol–water partition coefficient (Wildman–Crippen LogP) is 6.58. The molecule has 3 aromatic rings. The molecule has 6 heteroatoms. The highest BCUT2D eigenvalue weighted by Gasteiger charge is 2.46. The molecule has 1 atom stereocenters. The van der Waals surface area contributed by atoms with E-state index in [1.807, 2.05) is 49.4 Å². The lowest BCUT2D eigenvalue weighted by molar-refractivity contribution is -0.140. The number of benzene rings is 3. The van der Waals surface area contributed by atoms with Gasteiger partial charge < -0.3 is 14.7 Å². The van der Waals surface area contributed by atoms with Crippen molar-refractivity contribution in [3.8, 4) is 5.75 Å². The average Bonchev–Trinajstić information content (AvgIpc) is 3.09. The summed E-state index contributed by atoms with van der Waals surface area (Å²) < 4.78 is 5.23. The summed E-state index contributed by atoms with van der Waals surface area (Å²) in [5.41, 5.74) is 3.83. The number of halogens is 1. The Morgan fingerprint density at radius 1 is 1.00 bits per heavy atom. The number of hydrogen-bond donors (Lipinski definition) is 1. The normalized spacial score (nSPS) is 17.5. The Morgan fingerprint density at radius 2 is 1.64 bits per heavy atom. The number of nitrogens with zero attached hydrogens (tertiary/aromatic N) is 1. The molecule has 5 nitrogen and oxygen atoms in total. The summed E-state index contributed by atoms with van der Waals surface area (Å²) in [5.74, 6) is -0.836. The molecule has 1 fully saturated rings. The molecular formula is C30H30ClNO4. The van der Waals surface area contributed by atoms with Gasteiger partial charge in [0.2, 0.25) is 0 Å². The van der Waals surface area contributed by atoms with E-state index < -0.39 is 17.7 Å². The van der Waals surface area contributed by atoms with Gasteiger partial charge in [0, 0.05) is 17.1 Å². The Kier molecular flexibility index (Phi) is 6.96. The van der Waals surface area contributed by atoms with Gasteiger partial charge in [-0.25, -0.2) is 0 Å². The fraction of sp³-hybridized carbons (Fsp3) is 0.267. The van der Waals surface area contributed by atoms with Crippen molar-refractivity contribution in [1.29, 1.82) is 0 Å². The number of Topliss-reactive ketones (excluding diaryl/α,β-unsaturated/α-hetero) is 1. The zero-order valence-electron chi connectivity index (χ0n) is 21.1. The van der Waals surface area contributed by atoms with Gasteiger partial charge in [0.25, 0.3) is 11.7 Å². The molecule has 0 spiro atoms. The maximum Gasteiger partial charge on any atom is 0.295 e. The Bertz CT molecular complexity index is 1330. The molecule has 1 heterocycles. The zero-order valence-corrected chi connectivity index (χ0v) is 21.9. The second-order valence-corrected chi connectivity index (χ2v) is 10.5. The minimum atomic E-state index is -0.762. The first-order valence-corrected chi connectivity index (χ1v) is 12.2. The van der Waals surface area contributed by atoms with Crippen molar-refractivity contribution in [3.63, 3.8) is 0 Å². The molecule has 1 N–H and O–H groups in total. The Morgan fingerprint density at radius 3 is 2.22 bits per heavy atom. The van der Waals surface area contributed by atoms with E-state index in [4.69, 9.17) is 16.3 Å². The first-order valence-electron chi connectivity index (χ1n) is 11.8. The number of rotatable bonds is 5. The molecule has 0 bridgehead atoms. The summed E-state index contributed by atoms with van der Waals surface area (Å²) in [6.45, 7) is 8.33. The third kappa shape index (κ3) is 4.89. The van der Waals surface area contributed by atoms with Crippen LogP contribution in [-0.4, -0.2) is 28.8 Å². The quantitative estimate of drug-likeness (QED) is 0.243. The van der Waals surface area contributed by atoms with Crippen LogP contribution in [0.3, 0.4) is 0 Å². The van der Waals surface area contributed by atoms with Crippen molar-refractivity contribution < 1.29 is 19.4 Å². The van der Waals surface area contributed by atoms with E-state index in [1.54, 1.807) is 31.4 Å². The number of hydrogen-bond acceptors (Lipinski definition) is 4. The van der Waals surface area contributed by atoms with E-state index in [1.165, 1.54) is 4.90 Å². The predicted molar refractivity (Wildman–Crippen MR) is 142 cm³/mol. The van der Waals surface area contributed by atoms with Crippen molar-refractivity contribution in [3.05, 3.63) is 105 Å². The highest BCUT2D eigenvalue weighted by Crippen LogP contribution is 2.41. The monoisotopic (exact) mass is 503 g/mol. The summed E-state index contributed by atoms with van der Waals surface area (Å²) in [6.07, 6.45) is 0.